The molecule has 0 unspecified atom stereocenters. The highest BCUT2D eigenvalue weighted by atomic mass is 19.3. The first-order valence-electron chi connectivity index (χ1n) is 5.12. The molecule has 0 aliphatic carbocycles. The molecule has 0 bridgehead atoms. The molecule has 0 saturated heterocycles. The van der Waals surface area contributed by atoms with E-state index in [1.54, 1.807) is 6.92 Å². The van der Waals surface area contributed by atoms with Crippen molar-refractivity contribution in [2.75, 3.05) is 6.61 Å². The predicted octanol–water partition coefficient (Wildman–Crippen LogP) is 3.13. The van der Waals surface area contributed by atoms with Crippen molar-refractivity contribution < 1.29 is 23.2 Å². The van der Waals surface area contributed by atoms with Crippen LogP contribution in [0.15, 0.2) is 12.1 Å². The van der Waals surface area contributed by atoms with Crippen LogP contribution in [0.25, 0.3) is 0 Å². The van der Waals surface area contributed by atoms with Gasteiger partial charge in [0.05, 0.1) is 17.6 Å². The van der Waals surface area contributed by atoms with Crippen LogP contribution in [-0.2, 0) is 0 Å². The van der Waals surface area contributed by atoms with Crippen LogP contribution in [0.1, 0.15) is 36.2 Å². The summed E-state index contributed by atoms with van der Waals surface area (Å²) in [6.45, 7) is 2.81. The second-order valence-electron chi connectivity index (χ2n) is 3.45. The minimum Gasteiger partial charge on any atom is -0.494 e. The fraction of sp³-hybridized carbons (Fsp3) is 0.364. The Labute approximate surface area is 102 Å². The summed E-state index contributed by atoms with van der Waals surface area (Å²) in [6, 6.07) is 1.93. The lowest BCUT2D eigenvalue weighted by Gasteiger charge is -2.10. The van der Waals surface area contributed by atoms with Gasteiger partial charge in [-0.25, -0.2) is 8.78 Å². The second kappa shape index (κ2) is 5.52. The van der Waals surface area contributed by atoms with Crippen LogP contribution in [0.4, 0.5) is 14.5 Å². The summed E-state index contributed by atoms with van der Waals surface area (Å²) < 4.78 is 30.6. The van der Waals surface area contributed by atoms with E-state index in [0.717, 1.165) is 19.1 Å². The van der Waals surface area contributed by atoms with Crippen LogP contribution >= 0.6 is 0 Å². The van der Waals surface area contributed by atoms with Gasteiger partial charge in [0.1, 0.15) is 11.3 Å². The maximum Gasteiger partial charge on any atom is 0.284 e. The molecule has 1 rings (SSSR count). The fourth-order valence-electron chi connectivity index (χ4n) is 1.57. The van der Waals surface area contributed by atoms with Gasteiger partial charge >= 0.3 is 0 Å². The number of benzene rings is 1. The van der Waals surface area contributed by atoms with Gasteiger partial charge in [-0.05, 0) is 19.9 Å². The van der Waals surface area contributed by atoms with E-state index in [4.69, 9.17) is 4.74 Å². The molecular formula is C11H11F2NO4. The zero-order valence-corrected chi connectivity index (χ0v) is 9.78. The number of nitro benzene ring substituents is 1. The summed E-state index contributed by atoms with van der Waals surface area (Å²) in [5, 5.41) is 10.8. The lowest BCUT2D eigenvalue weighted by atomic mass is 10.0. The Balaban J connectivity index is 3.54. The topological polar surface area (TPSA) is 69.4 Å². The largest absolute Gasteiger partial charge is 0.494 e. The lowest BCUT2D eigenvalue weighted by Crippen LogP contribution is -2.07. The Bertz CT molecular complexity index is 488. The number of alkyl halides is 2. The number of ketones is 1. The highest BCUT2D eigenvalue weighted by molar-refractivity contribution is 6.00. The van der Waals surface area contributed by atoms with Crippen molar-refractivity contribution in [1.82, 2.24) is 0 Å². The fourth-order valence-corrected chi connectivity index (χ4v) is 1.57. The smallest absolute Gasteiger partial charge is 0.284 e. The molecule has 0 amide bonds. The van der Waals surface area contributed by atoms with Gasteiger partial charge in [-0.15, -0.1) is 0 Å². The number of hydrogen-bond acceptors (Lipinski definition) is 4. The van der Waals surface area contributed by atoms with Gasteiger partial charge < -0.3 is 4.74 Å². The number of rotatable bonds is 5. The van der Waals surface area contributed by atoms with Crippen molar-refractivity contribution in [2.45, 2.75) is 20.3 Å². The quantitative estimate of drug-likeness (QED) is 0.462. The molecule has 0 aliphatic heterocycles. The Morgan fingerprint density at radius 1 is 1.50 bits per heavy atom. The maximum absolute atomic E-state index is 12.8. The predicted molar refractivity (Wildman–Crippen MR) is 59.2 cm³/mol. The van der Waals surface area contributed by atoms with E-state index in [1.807, 2.05) is 0 Å². The molecule has 0 aliphatic rings. The molecule has 1 aromatic rings. The summed E-state index contributed by atoms with van der Waals surface area (Å²) in [5.74, 6) is -0.829. The Hall–Kier alpha value is -2.05. The molecule has 0 radical (unpaired) electrons. The molecule has 0 saturated carbocycles. The molecule has 0 atom stereocenters. The summed E-state index contributed by atoms with van der Waals surface area (Å²) >= 11 is 0. The molecule has 1 aromatic carbocycles. The zero-order valence-electron chi connectivity index (χ0n) is 9.78. The number of nitrogens with zero attached hydrogens (tertiary/aromatic N) is 1. The van der Waals surface area contributed by atoms with Gasteiger partial charge in [0.25, 0.3) is 12.1 Å². The number of hydrogen-bond donors (Lipinski definition) is 0. The SMILES string of the molecule is CCOc1cc(C(F)F)c(C(C)=O)c([N+](=O)[O-])c1. The van der Waals surface area contributed by atoms with E-state index in [-0.39, 0.29) is 12.4 Å². The normalized spacial score (nSPS) is 10.5. The van der Waals surface area contributed by atoms with Crippen molar-refractivity contribution >= 4 is 11.5 Å². The van der Waals surface area contributed by atoms with E-state index in [9.17, 15) is 23.7 Å². The first-order valence-corrected chi connectivity index (χ1v) is 5.12. The van der Waals surface area contributed by atoms with E-state index >= 15 is 0 Å². The summed E-state index contributed by atoms with van der Waals surface area (Å²) in [6.07, 6.45) is -2.98. The molecule has 0 fully saturated rings. The minimum absolute atomic E-state index is 0.0514. The van der Waals surface area contributed by atoms with Crippen LogP contribution in [0.2, 0.25) is 0 Å². The number of carbonyl (C=O) groups is 1. The Kier molecular flexibility index (Phi) is 4.30. The molecule has 98 valence electrons. The van der Waals surface area contributed by atoms with Gasteiger partial charge in [-0.2, -0.15) is 0 Å². The van der Waals surface area contributed by atoms with Crippen molar-refractivity contribution in [2.24, 2.45) is 0 Å². The standard InChI is InChI=1S/C11H11F2NO4/c1-3-18-7-4-8(11(12)13)10(6(2)15)9(5-7)14(16)17/h4-5,11H,3H2,1-2H3. The third-order valence-corrected chi connectivity index (χ3v) is 2.22. The average molecular weight is 259 g/mol. The summed E-state index contributed by atoms with van der Waals surface area (Å²) in [5.41, 5.74) is -1.91. The Morgan fingerprint density at radius 2 is 2.11 bits per heavy atom. The highest BCUT2D eigenvalue weighted by Crippen LogP contribution is 2.34. The van der Waals surface area contributed by atoms with Crippen molar-refractivity contribution in [1.29, 1.82) is 0 Å². The number of nitro groups is 1. The van der Waals surface area contributed by atoms with Gasteiger partial charge in [0, 0.05) is 5.56 Å². The van der Waals surface area contributed by atoms with E-state index in [2.05, 4.69) is 0 Å². The molecule has 0 N–H and O–H groups in total. The Morgan fingerprint density at radius 3 is 2.50 bits per heavy atom. The van der Waals surface area contributed by atoms with Gasteiger partial charge in [0.2, 0.25) is 0 Å². The first-order chi connectivity index (χ1) is 8.38. The molecule has 7 heteroatoms. The highest BCUT2D eigenvalue weighted by Gasteiger charge is 2.27. The minimum atomic E-state index is -2.98. The van der Waals surface area contributed by atoms with Gasteiger partial charge in [0.15, 0.2) is 5.78 Å². The summed E-state index contributed by atoms with van der Waals surface area (Å²) in [4.78, 5) is 21.2. The first kappa shape index (κ1) is 14.0. The van der Waals surface area contributed by atoms with Crippen LogP contribution < -0.4 is 4.74 Å². The molecule has 0 spiro atoms. The van der Waals surface area contributed by atoms with Crippen molar-refractivity contribution in [3.8, 4) is 5.75 Å². The monoisotopic (exact) mass is 259 g/mol. The number of Topliss-reactive ketones (excluding diaryl/α,β-unsaturated/α-hetero) is 1. The molecular weight excluding hydrogens is 248 g/mol. The third kappa shape index (κ3) is 2.79. The average Bonchev–Trinajstić information content (AvgIpc) is 2.27. The van der Waals surface area contributed by atoms with E-state index in [1.165, 1.54) is 0 Å². The van der Waals surface area contributed by atoms with Crippen molar-refractivity contribution in [3.63, 3.8) is 0 Å². The van der Waals surface area contributed by atoms with Gasteiger partial charge in [-0.1, -0.05) is 0 Å². The number of carbonyl (C=O) groups excluding carboxylic acids is 1. The van der Waals surface area contributed by atoms with Crippen LogP contribution in [0.3, 0.4) is 0 Å². The van der Waals surface area contributed by atoms with Crippen molar-refractivity contribution in [3.05, 3.63) is 33.4 Å². The van der Waals surface area contributed by atoms with Crippen LogP contribution in [-0.4, -0.2) is 17.3 Å². The van der Waals surface area contributed by atoms with E-state index in [0.29, 0.717) is 0 Å². The second-order valence-corrected chi connectivity index (χ2v) is 3.45. The van der Waals surface area contributed by atoms with E-state index < -0.39 is 33.9 Å². The van der Waals surface area contributed by atoms with Crippen LogP contribution in [0.5, 0.6) is 5.75 Å². The molecule has 5 nitrogen and oxygen atoms in total. The lowest BCUT2D eigenvalue weighted by molar-refractivity contribution is -0.385. The zero-order chi connectivity index (χ0) is 13.9. The molecule has 0 heterocycles. The van der Waals surface area contributed by atoms with Crippen LogP contribution in [0, 0.1) is 10.1 Å². The third-order valence-electron chi connectivity index (χ3n) is 2.22. The summed E-state index contributed by atoms with van der Waals surface area (Å²) in [7, 11) is 0. The molecule has 0 aromatic heterocycles. The maximum atomic E-state index is 12.8. The number of halogens is 2. The number of ether oxygens (including phenoxy) is 1. The van der Waals surface area contributed by atoms with Gasteiger partial charge in [-0.3, -0.25) is 14.9 Å². The molecule has 18 heavy (non-hydrogen) atoms.